The van der Waals surface area contributed by atoms with Crippen molar-refractivity contribution < 1.29 is 14.3 Å². The van der Waals surface area contributed by atoms with Crippen LogP contribution in [-0.2, 0) is 16.0 Å². The van der Waals surface area contributed by atoms with E-state index in [-0.39, 0.29) is 30.8 Å². The highest BCUT2D eigenvalue weighted by Crippen LogP contribution is 2.34. The summed E-state index contributed by atoms with van der Waals surface area (Å²) in [6.45, 7) is 5.01. The van der Waals surface area contributed by atoms with Crippen molar-refractivity contribution in [3.8, 4) is 5.75 Å². The third kappa shape index (κ3) is 5.09. The molecule has 0 aliphatic carbocycles. The third-order valence-corrected chi connectivity index (χ3v) is 4.62. The van der Waals surface area contributed by atoms with Gasteiger partial charge in [-0.05, 0) is 43.5 Å². The van der Waals surface area contributed by atoms with Gasteiger partial charge < -0.3 is 15.0 Å². The van der Waals surface area contributed by atoms with Crippen LogP contribution in [0.5, 0.6) is 5.75 Å². The maximum absolute atomic E-state index is 12.7. The van der Waals surface area contributed by atoms with E-state index < -0.39 is 0 Å². The Bertz CT molecular complexity index is 804. The van der Waals surface area contributed by atoms with E-state index in [4.69, 9.17) is 4.74 Å². The number of carbonyl (C=O) groups is 2. The van der Waals surface area contributed by atoms with Crippen molar-refractivity contribution in [3.05, 3.63) is 59.7 Å². The molecule has 142 valence electrons. The van der Waals surface area contributed by atoms with Crippen molar-refractivity contribution in [2.24, 2.45) is 0 Å². The maximum Gasteiger partial charge on any atom is 0.227 e. The number of benzene rings is 2. The summed E-state index contributed by atoms with van der Waals surface area (Å²) in [5.41, 5.74) is 3.05. The lowest BCUT2D eigenvalue weighted by Gasteiger charge is -2.33. The lowest BCUT2D eigenvalue weighted by atomic mass is 10.1. The molecule has 1 unspecified atom stereocenters. The molecule has 2 amide bonds. The smallest absolute Gasteiger partial charge is 0.227 e. The standard InChI is InChI=1S/C22H26N2O3/c1-16-8-9-20-19(14-16)24(15-17(2)27-20)22(26)11-10-21(25)23-13-12-18-6-4-3-5-7-18/h3-9,14,17H,10-13,15H2,1-2H3,(H,23,25). The second-order valence-corrected chi connectivity index (χ2v) is 6.99. The summed E-state index contributed by atoms with van der Waals surface area (Å²) in [7, 11) is 0. The molecule has 1 aliphatic rings. The lowest BCUT2D eigenvalue weighted by molar-refractivity contribution is -0.125. The van der Waals surface area contributed by atoms with Gasteiger partial charge in [-0.3, -0.25) is 9.59 Å². The van der Waals surface area contributed by atoms with Crippen molar-refractivity contribution in [1.82, 2.24) is 5.32 Å². The first kappa shape index (κ1) is 19.0. The highest BCUT2D eigenvalue weighted by atomic mass is 16.5. The molecule has 5 heteroatoms. The summed E-state index contributed by atoms with van der Waals surface area (Å²) < 4.78 is 5.81. The maximum atomic E-state index is 12.7. The Labute approximate surface area is 160 Å². The van der Waals surface area contributed by atoms with Gasteiger partial charge in [0.15, 0.2) is 0 Å². The normalized spacial score (nSPS) is 15.6. The van der Waals surface area contributed by atoms with Crippen LogP contribution in [0.15, 0.2) is 48.5 Å². The van der Waals surface area contributed by atoms with Gasteiger partial charge in [-0.2, -0.15) is 0 Å². The molecule has 0 bridgehead atoms. The quantitative estimate of drug-likeness (QED) is 0.854. The summed E-state index contributed by atoms with van der Waals surface area (Å²) in [5.74, 6) is 0.584. The second-order valence-electron chi connectivity index (χ2n) is 6.99. The predicted molar refractivity (Wildman–Crippen MR) is 106 cm³/mol. The van der Waals surface area contributed by atoms with Gasteiger partial charge in [0.25, 0.3) is 0 Å². The fourth-order valence-corrected chi connectivity index (χ4v) is 3.22. The van der Waals surface area contributed by atoms with Gasteiger partial charge in [0, 0.05) is 19.4 Å². The van der Waals surface area contributed by atoms with Crippen LogP contribution >= 0.6 is 0 Å². The van der Waals surface area contributed by atoms with Crippen molar-refractivity contribution in [1.29, 1.82) is 0 Å². The van der Waals surface area contributed by atoms with Crippen LogP contribution in [0.1, 0.15) is 30.9 Å². The van der Waals surface area contributed by atoms with Crippen LogP contribution < -0.4 is 15.0 Å². The van der Waals surface area contributed by atoms with Crippen LogP contribution in [0.25, 0.3) is 0 Å². The number of anilines is 1. The van der Waals surface area contributed by atoms with E-state index in [2.05, 4.69) is 5.32 Å². The summed E-state index contributed by atoms with van der Waals surface area (Å²) in [6.07, 6.45) is 1.11. The highest BCUT2D eigenvalue weighted by molar-refractivity contribution is 5.97. The van der Waals surface area contributed by atoms with Gasteiger partial charge >= 0.3 is 0 Å². The van der Waals surface area contributed by atoms with Gasteiger partial charge in [-0.25, -0.2) is 0 Å². The summed E-state index contributed by atoms with van der Waals surface area (Å²) >= 11 is 0. The molecule has 0 radical (unpaired) electrons. The number of nitrogens with zero attached hydrogens (tertiary/aromatic N) is 1. The molecule has 0 aromatic heterocycles. The molecular weight excluding hydrogens is 340 g/mol. The first-order valence-corrected chi connectivity index (χ1v) is 9.41. The SMILES string of the molecule is Cc1ccc2c(c1)N(C(=O)CCC(=O)NCCc1ccccc1)CC(C)O2. The van der Waals surface area contributed by atoms with Crippen LogP contribution in [0.3, 0.4) is 0 Å². The second kappa shape index (κ2) is 8.71. The predicted octanol–water partition coefficient (Wildman–Crippen LogP) is 3.25. The molecule has 3 rings (SSSR count). The van der Waals surface area contributed by atoms with Gasteiger partial charge in [0.05, 0.1) is 12.2 Å². The van der Waals surface area contributed by atoms with Crippen molar-refractivity contribution >= 4 is 17.5 Å². The molecule has 0 spiro atoms. The Morgan fingerprint density at radius 3 is 2.70 bits per heavy atom. The summed E-state index contributed by atoms with van der Waals surface area (Å²) in [4.78, 5) is 26.5. The first-order valence-electron chi connectivity index (χ1n) is 9.41. The molecule has 5 nitrogen and oxygen atoms in total. The molecule has 0 fully saturated rings. The molecule has 1 heterocycles. The summed E-state index contributed by atoms with van der Waals surface area (Å²) in [6, 6.07) is 15.8. The molecule has 27 heavy (non-hydrogen) atoms. The number of hydrogen-bond donors (Lipinski definition) is 1. The van der Waals surface area contributed by atoms with Gasteiger partial charge in [-0.1, -0.05) is 36.4 Å². The number of aryl methyl sites for hydroxylation is 1. The molecule has 1 atom stereocenters. The minimum Gasteiger partial charge on any atom is -0.487 e. The van der Waals surface area contributed by atoms with Crippen molar-refractivity contribution in [2.75, 3.05) is 18.0 Å². The molecule has 1 aliphatic heterocycles. The Morgan fingerprint density at radius 2 is 1.93 bits per heavy atom. The molecule has 1 N–H and O–H groups in total. The van der Waals surface area contributed by atoms with Gasteiger partial charge in [0.1, 0.15) is 11.9 Å². The largest absolute Gasteiger partial charge is 0.487 e. The van der Waals surface area contributed by atoms with E-state index in [1.54, 1.807) is 4.90 Å². The first-order chi connectivity index (χ1) is 13.0. The van der Waals surface area contributed by atoms with Crippen LogP contribution in [0, 0.1) is 6.92 Å². The van der Waals surface area contributed by atoms with E-state index in [1.165, 1.54) is 5.56 Å². The number of nitrogens with one attached hydrogen (secondary N) is 1. The topological polar surface area (TPSA) is 58.6 Å². The van der Waals surface area contributed by atoms with E-state index >= 15 is 0 Å². The third-order valence-electron chi connectivity index (χ3n) is 4.62. The van der Waals surface area contributed by atoms with Crippen molar-refractivity contribution in [2.45, 2.75) is 39.2 Å². The number of fused-ring (bicyclic) bond motifs is 1. The van der Waals surface area contributed by atoms with E-state index in [0.29, 0.717) is 13.1 Å². The average Bonchev–Trinajstić information content (AvgIpc) is 2.66. The zero-order valence-corrected chi connectivity index (χ0v) is 15.9. The highest BCUT2D eigenvalue weighted by Gasteiger charge is 2.27. The number of hydrogen-bond acceptors (Lipinski definition) is 3. The molecule has 2 aromatic carbocycles. The molecule has 2 aromatic rings. The van der Waals surface area contributed by atoms with E-state index in [9.17, 15) is 9.59 Å². The van der Waals surface area contributed by atoms with Crippen LogP contribution in [0.2, 0.25) is 0 Å². The Balaban J connectivity index is 1.50. The molecule has 0 saturated carbocycles. The number of ether oxygens (including phenoxy) is 1. The zero-order valence-electron chi connectivity index (χ0n) is 15.9. The average molecular weight is 366 g/mol. The monoisotopic (exact) mass is 366 g/mol. The Hall–Kier alpha value is -2.82. The number of rotatable bonds is 6. The fourth-order valence-electron chi connectivity index (χ4n) is 3.22. The molecule has 0 saturated heterocycles. The summed E-state index contributed by atoms with van der Waals surface area (Å²) in [5, 5.41) is 2.89. The zero-order chi connectivity index (χ0) is 19.2. The Morgan fingerprint density at radius 1 is 1.15 bits per heavy atom. The fraction of sp³-hybridized carbons (Fsp3) is 0.364. The van der Waals surface area contributed by atoms with Gasteiger partial charge in [-0.15, -0.1) is 0 Å². The number of amides is 2. The number of carbonyl (C=O) groups excluding carboxylic acids is 2. The molecular formula is C22H26N2O3. The minimum atomic E-state index is -0.0925. The van der Waals surface area contributed by atoms with Gasteiger partial charge in [0.2, 0.25) is 11.8 Å². The van der Waals surface area contributed by atoms with E-state index in [0.717, 1.165) is 23.4 Å². The minimum absolute atomic E-state index is 0.0461. The van der Waals surface area contributed by atoms with Crippen molar-refractivity contribution in [3.63, 3.8) is 0 Å². The van der Waals surface area contributed by atoms with E-state index in [1.807, 2.05) is 62.4 Å². The lowest BCUT2D eigenvalue weighted by Crippen LogP contribution is -2.42. The van der Waals surface area contributed by atoms with Crippen LogP contribution in [0.4, 0.5) is 5.69 Å². The Kier molecular flexibility index (Phi) is 6.12. The van der Waals surface area contributed by atoms with Crippen LogP contribution in [-0.4, -0.2) is 31.0 Å².